The summed E-state index contributed by atoms with van der Waals surface area (Å²) in [6, 6.07) is -0.473. The Kier molecular flexibility index (Phi) is 3.45. The Hall–Kier alpha value is 0.280. The molecule has 1 aliphatic rings. The highest BCUT2D eigenvalue weighted by atomic mass is 79.9. The summed E-state index contributed by atoms with van der Waals surface area (Å²) < 4.78 is 0. The van der Waals surface area contributed by atoms with E-state index in [0.717, 1.165) is 5.06 Å². The van der Waals surface area contributed by atoms with Gasteiger partial charge in [-0.25, -0.2) is 0 Å². The van der Waals surface area contributed by atoms with Gasteiger partial charge in [0.1, 0.15) is 0 Å². The predicted molar refractivity (Wildman–Crippen MR) is 47.3 cm³/mol. The van der Waals surface area contributed by atoms with Crippen LogP contribution in [0.1, 0.15) is 13.3 Å². The van der Waals surface area contributed by atoms with E-state index in [1.54, 1.807) is 6.92 Å². The smallest absolute Gasteiger partial charge is 0.0558 e. The fourth-order valence-electron chi connectivity index (χ4n) is 1.38. The molecule has 1 heterocycles. The van der Waals surface area contributed by atoms with Crippen molar-refractivity contribution in [2.24, 2.45) is 5.92 Å². The molecule has 5 nitrogen and oxygen atoms in total. The number of rotatable bonds is 1. The number of hydrogen-bond donors (Lipinski definition) is 1. The van der Waals surface area contributed by atoms with Crippen LogP contribution < -0.4 is 0 Å². The third kappa shape index (κ3) is 2.15. The van der Waals surface area contributed by atoms with E-state index in [0.29, 0.717) is 6.42 Å². The van der Waals surface area contributed by atoms with Crippen LogP contribution >= 0.6 is 15.9 Å². The molecule has 1 N–H and O–H groups in total. The van der Waals surface area contributed by atoms with Gasteiger partial charge >= 0.3 is 0 Å². The Balaban J connectivity index is 2.55. The minimum Gasteiger partial charge on any atom is -0.784 e. The van der Waals surface area contributed by atoms with Crippen molar-refractivity contribution < 1.29 is 5.21 Å². The second-order valence-corrected chi connectivity index (χ2v) is 4.17. The fourth-order valence-corrected chi connectivity index (χ4v) is 1.93. The highest BCUT2D eigenvalue weighted by molar-refractivity contribution is 9.09. The van der Waals surface area contributed by atoms with Gasteiger partial charge in [0.15, 0.2) is 0 Å². The number of hydroxylamine groups is 4. The van der Waals surface area contributed by atoms with Crippen LogP contribution in [0, 0.1) is 16.3 Å². The molecule has 0 amide bonds. The molecule has 0 radical (unpaired) electrons. The Bertz CT molecular complexity index is 158. The summed E-state index contributed by atoms with van der Waals surface area (Å²) in [4.78, 5) is -0.359. The Morgan fingerprint density at radius 2 is 2.25 bits per heavy atom. The Morgan fingerprint density at radius 1 is 1.67 bits per heavy atom. The van der Waals surface area contributed by atoms with E-state index in [9.17, 15) is 10.4 Å². The van der Waals surface area contributed by atoms with Crippen molar-refractivity contribution in [3.63, 3.8) is 0 Å². The van der Waals surface area contributed by atoms with Gasteiger partial charge in [0, 0.05) is 6.04 Å². The molecule has 1 saturated heterocycles. The summed E-state index contributed by atoms with van der Waals surface area (Å²) in [5.41, 5.74) is 0. The molecule has 3 unspecified atom stereocenters. The van der Waals surface area contributed by atoms with Gasteiger partial charge < -0.3 is 20.7 Å². The first-order chi connectivity index (χ1) is 5.52. The third-order valence-corrected chi connectivity index (χ3v) is 2.99. The lowest BCUT2D eigenvalue weighted by Gasteiger charge is -2.48. The van der Waals surface area contributed by atoms with Crippen molar-refractivity contribution in [1.29, 1.82) is 0 Å². The van der Waals surface area contributed by atoms with Crippen LogP contribution in [0.25, 0.3) is 0 Å². The topological polar surface area (TPSA) is 72.8 Å². The van der Waals surface area contributed by atoms with E-state index in [1.165, 1.54) is 0 Å². The molecule has 0 aromatic rings. The van der Waals surface area contributed by atoms with Crippen molar-refractivity contribution in [3.05, 3.63) is 10.4 Å². The Labute approximate surface area is 79.2 Å². The minimum absolute atomic E-state index is 0.0497. The van der Waals surface area contributed by atoms with E-state index < -0.39 is 6.04 Å². The third-order valence-electron chi connectivity index (χ3n) is 2.16. The average molecular weight is 239 g/mol. The molecular weight excluding hydrogens is 228 g/mol. The summed E-state index contributed by atoms with van der Waals surface area (Å²) in [6.45, 7) is 2.05. The minimum atomic E-state index is -0.473. The van der Waals surface area contributed by atoms with Crippen molar-refractivity contribution >= 4 is 15.9 Å². The first-order valence-corrected chi connectivity index (χ1v) is 4.67. The maximum absolute atomic E-state index is 11.0. The molecule has 0 spiro atoms. The van der Waals surface area contributed by atoms with Crippen LogP contribution in [0.4, 0.5) is 0 Å². The molecule has 0 saturated carbocycles. The van der Waals surface area contributed by atoms with E-state index in [4.69, 9.17) is 5.21 Å². The molecule has 3 atom stereocenters. The molecule has 0 bridgehead atoms. The van der Waals surface area contributed by atoms with Crippen LogP contribution in [-0.4, -0.2) is 33.0 Å². The van der Waals surface area contributed by atoms with Crippen LogP contribution in [0.3, 0.4) is 0 Å². The quantitative estimate of drug-likeness (QED) is 0.421. The lowest BCUT2D eigenvalue weighted by molar-refractivity contribution is -0.110. The Morgan fingerprint density at radius 3 is 2.75 bits per heavy atom. The molecule has 6 heteroatoms. The highest BCUT2D eigenvalue weighted by Gasteiger charge is 2.28. The second kappa shape index (κ2) is 3.99. The summed E-state index contributed by atoms with van der Waals surface area (Å²) in [5.74, 6) is -0.0983. The SMILES string of the molecule is CC1CN([O-])C(Br)CC1N([O-])O. The average Bonchev–Trinajstić information content (AvgIpc) is 1.96. The molecule has 12 heavy (non-hydrogen) atoms. The van der Waals surface area contributed by atoms with Crippen molar-refractivity contribution in [2.75, 3.05) is 6.54 Å². The maximum Gasteiger partial charge on any atom is 0.0558 e. The number of hydrogen-bond acceptors (Lipinski definition) is 5. The van der Waals surface area contributed by atoms with E-state index >= 15 is 0 Å². The lowest BCUT2D eigenvalue weighted by Crippen LogP contribution is -2.48. The number of alkyl halides is 1. The predicted octanol–water partition coefficient (Wildman–Crippen LogP) is 1.10. The normalized spacial score (nSPS) is 39.0. The first kappa shape index (κ1) is 10.4. The van der Waals surface area contributed by atoms with Crippen LogP contribution in [0.15, 0.2) is 0 Å². The van der Waals surface area contributed by atoms with Crippen molar-refractivity contribution in [1.82, 2.24) is 10.3 Å². The zero-order valence-corrected chi connectivity index (χ0v) is 8.27. The summed E-state index contributed by atoms with van der Waals surface area (Å²) in [7, 11) is 0. The maximum atomic E-state index is 11.0. The monoisotopic (exact) mass is 238 g/mol. The summed E-state index contributed by atoms with van der Waals surface area (Å²) >= 11 is 3.13. The molecule has 1 rings (SSSR count). The molecule has 0 aromatic heterocycles. The lowest BCUT2D eigenvalue weighted by atomic mass is 9.96. The molecule has 72 valence electrons. The van der Waals surface area contributed by atoms with Crippen LogP contribution in [-0.2, 0) is 0 Å². The molecule has 0 aromatic carbocycles. The molecule has 1 aliphatic heterocycles. The molecule has 1 fully saturated rings. The number of halogens is 1. The van der Waals surface area contributed by atoms with Gasteiger partial charge in [0.25, 0.3) is 0 Å². The summed E-state index contributed by atoms with van der Waals surface area (Å²) in [5, 5.41) is 31.2. The van der Waals surface area contributed by atoms with Crippen LogP contribution in [0.2, 0.25) is 0 Å². The zero-order valence-electron chi connectivity index (χ0n) is 6.68. The largest absolute Gasteiger partial charge is 0.784 e. The van der Waals surface area contributed by atoms with Gasteiger partial charge in [0.05, 0.1) is 4.95 Å². The van der Waals surface area contributed by atoms with Gasteiger partial charge in [-0.3, -0.25) is 5.23 Å². The van der Waals surface area contributed by atoms with Crippen molar-refractivity contribution in [2.45, 2.75) is 24.3 Å². The molecule has 0 aliphatic carbocycles. The summed E-state index contributed by atoms with van der Waals surface area (Å²) in [6.07, 6.45) is 0.352. The van der Waals surface area contributed by atoms with Gasteiger partial charge in [-0.1, -0.05) is 22.9 Å². The number of nitrogens with zero attached hydrogens (tertiary/aromatic N) is 2. The standard InChI is InChI=1S/C6H11BrN2O3/c1-4-3-8(10)6(7)2-5(4)9(11)12/h4-6,11H,2-3H2,1H3/q-2. The van der Waals surface area contributed by atoms with Crippen molar-refractivity contribution in [3.8, 4) is 0 Å². The van der Waals surface area contributed by atoms with E-state index in [2.05, 4.69) is 15.9 Å². The number of piperidine rings is 1. The molecular formula is C6H11BrN2O3-2. The van der Waals surface area contributed by atoms with Gasteiger partial charge in [-0.15, -0.1) is 0 Å². The zero-order chi connectivity index (χ0) is 9.30. The second-order valence-electron chi connectivity index (χ2n) is 3.12. The van der Waals surface area contributed by atoms with E-state index in [1.807, 2.05) is 0 Å². The van der Waals surface area contributed by atoms with Crippen LogP contribution in [0.5, 0.6) is 0 Å². The van der Waals surface area contributed by atoms with Gasteiger partial charge in [-0.2, -0.15) is 0 Å². The first-order valence-electron chi connectivity index (χ1n) is 3.75. The highest BCUT2D eigenvalue weighted by Crippen LogP contribution is 2.27. The van der Waals surface area contributed by atoms with Gasteiger partial charge in [0.2, 0.25) is 0 Å². The van der Waals surface area contributed by atoms with E-state index in [-0.39, 0.29) is 22.6 Å². The fraction of sp³-hybridized carbons (Fsp3) is 1.00. The van der Waals surface area contributed by atoms with Gasteiger partial charge in [-0.05, 0) is 18.9 Å².